The van der Waals surface area contributed by atoms with Crippen molar-refractivity contribution in [2.24, 2.45) is 5.92 Å². The molecule has 1 amide bonds. The maximum absolute atomic E-state index is 11.9. The number of piperidine rings is 1. The van der Waals surface area contributed by atoms with E-state index in [2.05, 4.69) is 27.0 Å². The number of hydrogen-bond donors (Lipinski definition) is 0. The van der Waals surface area contributed by atoms with Crippen LogP contribution in [0, 0.1) is 5.92 Å². The van der Waals surface area contributed by atoms with Gasteiger partial charge in [-0.2, -0.15) is 0 Å². The third kappa shape index (κ3) is 4.26. The largest absolute Gasteiger partial charge is 0.488 e. The number of nitrogens with zero attached hydrogens (tertiary/aromatic N) is 1. The van der Waals surface area contributed by atoms with Crippen LogP contribution in [-0.4, -0.2) is 29.5 Å². The van der Waals surface area contributed by atoms with Crippen LogP contribution < -0.4 is 0 Å². The van der Waals surface area contributed by atoms with Gasteiger partial charge in [-0.25, -0.2) is 0 Å². The fourth-order valence-corrected chi connectivity index (χ4v) is 2.23. The number of carbonyl (C=O) groups is 1. The fourth-order valence-electron chi connectivity index (χ4n) is 2.23. The minimum atomic E-state index is 0.0387. The molecule has 1 saturated heterocycles. The summed E-state index contributed by atoms with van der Waals surface area (Å²) in [4.78, 5) is 13.7. The lowest BCUT2D eigenvalue weighted by molar-refractivity contribution is -0.139. The zero-order chi connectivity index (χ0) is 15.3. The van der Waals surface area contributed by atoms with Gasteiger partial charge in [0, 0.05) is 12.5 Å². The Labute approximate surface area is 123 Å². The molecule has 1 unspecified atom stereocenters. The predicted molar refractivity (Wildman–Crippen MR) is 83.2 cm³/mol. The molecule has 20 heavy (non-hydrogen) atoms. The first-order valence-electron chi connectivity index (χ1n) is 7.34. The van der Waals surface area contributed by atoms with Gasteiger partial charge in [-0.15, -0.1) is 0 Å². The van der Waals surface area contributed by atoms with Crippen LogP contribution in [0.2, 0.25) is 0 Å². The van der Waals surface area contributed by atoms with E-state index in [0.717, 1.165) is 17.8 Å². The molecule has 0 radical (unpaired) electrons. The number of amides is 1. The van der Waals surface area contributed by atoms with Crippen molar-refractivity contribution in [3.8, 4) is 0 Å². The molecule has 0 aromatic carbocycles. The van der Waals surface area contributed by atoms with Crippen molar-refractivity contribution in [1.82, 2.24) is 4.90 Å². The minimum absolute atomic E-state index is 0.0387. The van der Waals surface area contributed by atoms with E-state index in [-0.39, 0.29) is 18.1 Å². The lowest BCUT2D eigenvalue weighted by Gasteiger charge is -2.36. The van der Waals surface area contributed by atoms with Crippen molar-refractivity contribution < 1.29 is 9.53 Å². The second-order valence-corrected chi connectivity index (χ2v) is 5.86. The molecule has 1 aliphatic rings. The van der Waals surface area contributed by atoms with Gasteiger partial charge < -0.3 is 9.64 Å². The van der Waals surface area contributed by atoms with Gasteiger partial charge in [0.2, 0.25) is 5.91 Å². The second kappa shape index (κ2) is 7.32. The average Bonchev–Trinajstić information content (AvgIpc) is 2.39. The van der Waals surface area contributed by atoms with Crippen molar-refractivity contribution in [1.29, 1.82) is 0 Å². The van der Waals surface area contributed by atoms with Gasteiger partial charge >= 0.3 is 0 Å². The van der Waals surface area contributed by atoms with Crippen LogP contribution in [0.25, 0.3) is 0 Å². The maximum atomic E-state index is 11.9. The summed E-state index contributed by atoms with van der Waals surface area (Å²) in [6, 6.07) is 0.217. The van der Waals surface area contributed by atoms with E-state index in [9.17, 15) is 4.79 Å². The number of rotatable bonds is 6. The van der Waals surface area contributed by atoms with Crippen LogP contribution in [0.5, 0.6) is 0 Å². The highest BCUT2D eigenvalue weighted by Crippen LogP contribution is 2.24. The molecule has 0 saturated carbocycles. The molecule has 0 N–H and O–H groups in total. The molecule has 112 valence electrons. The molecule has 0 bridgehead atoms. The number of hydrogen-bond acceptors (Lipinski definition) is 2. The van der Waals surface area contributed by atoms with Crippen LogP contribution in [0.1, 0.15) is 40.5 Å². The highest BCUT2D eigenvalue weighted by atomic mass is 16.5. The normalized spacial score (nSPS) is 20.5. The first kappa shape index (κ1) is 16.5. The van der Waals surface area contributed by atoms with E-state index >= 15 is 0 Å². The molecule has 1 heterocycles. The SMILES string of the molecule is C=C/C=C(/OC1CCC(=O)N(C(C)C)C1)C(=C)C(C)C. The molecule has 0 aromatic rings. The second-order valence-electron chi connectivity index (χ2n) is 5.86. The quantitative estimate of drug-likeness (QED) is 0.547. The minimum Gasteiger partial charge on any atom is -0.488 e. The zero-order valence-electron chi connectivity index (χ0n) is 13.2. The van der Waals surface area contributed by atoms with E-state index in [4.69, 9.17) is 4.74 Å². The Morgan fingerprint density at radius 1 is 1.40 bits per heavy atom. The summed E-state index contributed by atoms with van der Waals surface area (Å²) >= 11 is 0. The highest BCUT2D eigenvalue weighted by molar-refractivity contribution is 5.77. The van der Waals surface area contributed by atoms with E-state index < -0.39 is 0 Å². The lowest BCUT2D eigenvalue weighted by Crippen LogP contribution is -2.46. The summed E-state index contributed by atoms with van der Waals surface area (Å²) in [7, 11) is 0. The standard InChI is InChI=1S/C17H27NO2/c1-7-8-16(14(6)12(2)3)20-15-9-10-17(19)18(11-15)13(4)5/h7-8,12-13,15H,1,6,9-11H2,2-5H3/b16-8+. The van der Waals surface area contributed by atoms with Gasteiger partial charge in [0.15, 0.2) is 0 Å². The van der Waals surface area contributed by atoms with Crippen LogP contribution in [-0.2, 0) is 9.53 Å². The maximum Gasteiger partial charge on any atom is 0.223 e. The fraction of sp³-hybridized carbons (Fsp3) is 0.588. The van der Waals surface area contributed by atoms with E-state index in [1.165, 1.54) is 0 Å². The number of likely N-dealkylation sites (tertiary alicyclic amines) is 1. The van der Waals surface area contributed by atoms with Gasteiger partial charge in [-0.3, -0.25) is 4.79 Å². The molecule has 1 rings (SSSR count). The summed E-state index contributed by atoms with van der Waals surface area (Å²) in [6.07, 6.45) is 4.94. The average molecular weight is 277 g/mol. The Morgan fingerprint density at radius 2 is 2.05 bits per heavy atom. The number of carbonyl (C=O) groups excluding carboxylic acids is 1. The first-order chi connectivity index (χ1) is 9.36. The molecule has 0 aromatic heterocycles. The van der Waals surface area contributed by atoms with Gasteiger partial charge in [-0.1, -0.05) is 33.1 Å². The van der Waals surface area contributed by atoms with Crippen LogP contribution in [0.4, 0.5) is 0 Å². The van der Waals surface area contributed by atoms with Gasteiger partial charge in [0.05, 0.1) is 6.54 Å². The van der Waals surface area contributed by atoms with Gasteiger partial charge in [0.1, 0.15) is 11.9 Å². The highest BCUT2D eigenvalue weighted by Gasteiger charge is 2.29. The zero-order valence-corrected chi connectivity index (χ0v) is 13.2. The molecule has 0 spiro atoms. The van der Waals surface area contributed by atoms with Crippen LogP contribution >= 0.6 is 0 Å². The summed E-state index contributed by atoms with van der Waals surface area (Å²) in [5, 5.41) is 0. The molecule has 1 aliphatic heterocycles. The number of allylic oxidation sites excluding steroid dienone is 3. The van der Waals surface area contributed by atoms with Crippen molar-refractivity contribution in [2.75, 3.05) is 6.54 Å². The summed E-state index contributed by atoms with van der Waals surface area (Å²) < 4.78 is 6.08. The Balaban J connectivity index is 2.75. The van der Waals surface area contributed by atoms with E-state index in [0.29, 0.717) is 18.9 Å². The van der Waals surface area contributed by atoms with E-state index in [1.54, 1.807) is 6.08 Å². The van der Waals surface area contributed by atoms with Crippen molar-refractivity contribution in [3.63, 3.8) is 0 Å². The molecule has 0 aliphatic carbocycles. The molecule has 3 heteroatoms. The number of ether oxygens (including phenoxy) is 1. The summed E-state index contributed by atoms with van der Waals surface area (Å²) in [5.41, 5.74) is 0.970. The van der Waals surface area contributed by atoms with Crippen molar-refractivity contribution in [2.45, 2.75) is 52.7 Å². The van der Waals surface area contributed by atoms with E-state index in [1.807, 2.05) is 24.8 Å². The Kier molecular flexibility index (Phi) is 6.05. The molecule has 1 atom stereocenters. The smallest absolute Gasteiger partial charge is 0.223 e. The third-order valence-electron chi connectivity index (χ3n) is 3.60. The van der Waals surface area contributed by atoms with Crippen LogP contribution in [0.15, 0.2) is 36.6 Å². The predicted octanol–water partition coefficient (Wildman–Crippen LogP) is 3.68. The molecular weight excluding hydrogens is 250 g/mol. The van der Waals surface area contributed by atoms with Crippen molar-refractivity contribution in [3.05, 3.63) is 36.6 Å². The molecule has 1 fully saturated rings. The molecular formula is C17H27NO2. The van der Waals surface area contributed by atoms with Gasteiger partial charge in [-0.05, 0) is 37.8 Å². The third-order valence-corrected chi connectivity index (χ3v) is 3.60. The summed E-state index contributed by atoms with van der Waals surface area (Å²) in [5.74, 6) is 1.34. The van der Waals surface area contributed by atoms with Crippen LogP contribution in [0.3, 0.4) is 0 Å². The lowest BCUT2D eigenvalue weighted by atomic mass is 10.0. The summed E-state index contributed by atoms with van der Waals surface area (Å²) in [6.45, 7) is 16.7. The Hall–Kier alpha value is -1.51. The van der Waals surface area contributed by atoms with Gasteiger partial charge in [0.25, 0.3) is 0 Å². The first-order valence-corrected chi connectivity index (χ1v) is 7.34. The van der Waals surface area contributed by atoms with Crippen molar-refractivity contribution >= 4 is 5.91 Å². The Bertz CT molecular complexity index is 407. The Morgan fingerprint density at radius 3 is 2.55 bits per heavy atom. The molecule has 3 nitrogen and oxygen atoms in total. The topological polar surface area (TPSA) is 29.5 Å². The monoisotopic (exact) mass is 277 g/mol.